The molecule has 28 heavy (non-hydrogen) atoms. The Morgan fingerprint density at radius 3 is 2.46 bits per heavy atom. The van der Waals surface area contributed by atoms with E-state index in [0.29, 0.717) is 18.1 Å². The first-order valence-corrected chi connectivity index (χ1v) is 9.61. The van der Waals surface area contributed by atoms with Crippen LogP contribution in [-0.4, -0.2) is 26.1 Å². The largest absolute Gasteiger partial charge is 0.347 e. The van der Waals surface area contributed by atoms with Gasteiger partial charge in [0.2, 0.25) is 0 Å². The highest BCUT2D eigenvalue weighted by Gasteiger charge is 2.19. The Labute approximate surface area is 166 Å². The van der Waals surface area contributed by atoms with Crippen molar-refractivity contribution in [2.45, 2.75) is 6.54 Å². The van der Waals surface area contributed by atoms with Crippen molar-refractivity contribution in [3.8, 4) is 11.4 Å². The summed E-state index contributed by atoms with van der Waals surface area (Å²) in [6, 6.07) is 23.2. The van der Waals surface area contributed by atoms with Crippen molar-refractivity contribution in [2.75, 3.05) is 0 Å². The fourth-order valence-electron chi connectivity index (χ4n) is 2.72. The third-order valence-corrected chi connectivity index (χ3v) is 4.90. The molecule has 4 rings (SSSR count). The number of aromatic nitrogens is 4. The van der Waals surface area contributed by atoms with Crippen molar-refractivity contribution in [1.82, 2.24) is 25.5 Å². The van der Waals surface area contributed by atoms with Crippen LogP contribution in [0.1, 0.15) is 10.4 Å². The highest BCUT2D eigenvalue weighted by Crippen LogP contribution is 2.22. The van der Waals surface area contributed by atoms with Crippen molar-refractivity contribution in [3.05, 3.63) is 88.6 Å². The number of thiophene rings is 1. The number of nitrogens with one attached hydrogen (secondary N) is 1. The predicted molar refractivity (Wildman–Crippen MR) is 110 cm³/mol. The van der Waals surface area contributed by atoms with Gasteiger partial charge < -0.3 is 5.32 Å². The van der Waals surface area contributed by atoms with Crippen LogP contribution < -0.4 is 5.32 Å². The molecule has 0 spiro atoms. The van der Waals surface area contributed by atoms with E-state index in [9.17, 15) is 4.79 Å². The van der Waals surface area contributed by atoms with Crippen LogP contribution in [0.5, 0.6) is 0 Å². The average molecular weight is 387 g/mol. The maximum Gasteiger partial charge on any atom is 0.270 e. The quantitative estimate of drug-likeness (QED) is 0.512. The van der Waals surface area contributed by atoms with Crippen LogP contribution in [0.3, 0.4) is 0 Å². The zero-order chi connectivity index (χ0) is 19.2. The summed E-state index contributed by atoms with van der Waals surface area (Å²) in [4.78, 5) is 14.0. The van der Waals surface area contributed by atoms with Crippen LogP contribution in [0.4, 0.5) is 0 Å². The van der Waals surface area contributed by atoms with Gasteiger partial charge in [-0.05, 0) is 33.5 Å². The molecular formula is C21H17N5OS. The third kappa shape index (κ3) is 4.05. The fourth-order valence-corrected chi connectivity index (χ4v) is 3.37. The number of carbonyl (C=O) groups is 1. The molecule has 1 amide bonds. The average Bonchev–Trinajstić information content (AvgIpc) is 3.43. The predicted octanol–water partition coefficient (Wildman–Crippen LogP) is 3.72. The zero-order valence-corrected chi connectivity index (χ0v) is 15.7. The fraction of sp³-hybridized carbons (Fsp3) is 0.0476. The second-order valence-corrected chi connectivity index (χ2v) is 6.97. The van der Waals surface area contributed by atoms with E-state index in [0.717, 1.165) is 16.0 Å². The van der Waals surface area contributed by atoms with E-state index in [1.165, 1.54) is 4.68 Å². The summed E-state index contributed by atoms with van der Waals surface area (Å²) in [6.45, 7) is 0.421. The number of rotatable bonds is 6. The van der Waals surface area contributed by atoms with Crippen molar-refractivity contribution < 1.29 is 4.79 Å². The SMILES string of the molecule is O=C(NCc1ccccc1)C(=Cc1cccs1)n1nnnc1-c1ccccc1. The minimum atomic E-state index is -0.248. The molecule has 0 saturated heterocycles. The number of benzene rings is 2. The van der Waals surface area contributed by atoms with E-state index in [1.54, 1.807) is 17.4 Å². The van der Waals surface area contributed by atoms with Gasteiger partial charge in [-0.2, -0.15) is 4.68 Å². The molecule has 0 atom stereocenters. The molecule has 0 aliphatic carbocycles. The Balaban J connectivity index is 1.68. The Hall–Kier alpha value is -3.58. The van der Waals surface area contributed by atoms with Crippen molar-refractivity contribution in [3.63, 3.8) is 0 Å². The van der Waals surface area contributed by atoms with Gasteiger partial charge in [0, 0.05) is 17.0 Å². The minimum absolute atomic E-state index is 0.248. The lowest BCUT2D eigenvalue weighted by Crippen LogP contribution is -2.27. The van der Waals surface area contributed by atoms with Gasteiger partial charge in [0.05, 0.1) is 0 Å². The topological polar surface area (TPSA) is 72.7 Å². The van der Waals surface area contributed by atoms with E-state index in [-0.39, 0.29) is 5.91 Å². The Kier molecular flexibility index (Phi) is 5.35. The van der Waals surface area contributed by atoms with Gasteiger partial charge in [-0.15, -0.1) is 16.4 Å². The summed E-state index contributed by atoms with van der Waals surface area (Å²) in [5.41, 5.74) is 2.22. The van der Waals surface area contributed by atoms with Crippen LogP contribution in [0.25, 0.3) is 23.2 Å². The van der Waals surface area contributed by atoms with Crippen molar-refractivity contribution >= 4 is 29.0 Å². The van der Waals surface area contributed by atoms with Crippen molar-refractivity contribution in [2.24, 2.45) is 0 Å². The first kappa shape index (κ1) is 17.8. The number of amides is 1. The number of nitrogens with zero attached hydrogens (tertiary/aromatic N) is 4. The molecule has 0 aliphatic rings. The second kappa shape index (κ2) is 8.41. The highest BCUT2D eigenvalue weighted by atomic mass is 32.1. The van der Waals surface area contributed by atoms with Crippen LogP contribution in [-0.2, 0) is 11.3 Å². The molecule has 0 fully saturated rings. The summed E-state index contributed by atoms with van der Waals surface area (Å²) in [5, 5.41) is 16.9. The molecule has 0 unspecified atom stereocenters. The molecule has 2 heterocycles. The van der Waals surface area contributed by atoms with Crippen LogP contribution in [0.2, 0.25) is 0 Å². The summed E-state index contributed by atoms with van der Waals surface area (Å²) < 4.78 is 1.48. The summed E-state index contributed by atoms with van der Waals surface area (Å²) in [7, 11) is 0. The third-order valence-electron chi connectivity index (χ3n) is 4.08. The molecule has 0 saturated carbocycles. The Morgan fingerprint density at radius 2 is 1.75 bits per heavy atom. The van der Waals surface area contributed by atoms with Gasteiger partial charge in [0.25, 0.3) is 5.91 Å². The summed E-state index contributed by atoms with van der Waals surface area (Å²) >= 11 is 1.54. The van der Waals surface area contributed by atoms with Crippen LogP contribution >= 0.6 is 11.3 Å². The van der Waals surface area contributed by atoms with E-state index < -0.39 is 0 Å². The summed E-state index contributed by atoms with van der Waals surface area (Å²) in [5.74, 6) is 0.264. The zero-order valence-electron chi connectivity index (χ0n) is 14.9. The second-order valence-electron chi connectivity index (χ2n) is 5.99. The number of hydrogen-bond acceptors (Lipinski definition) is 5. The van der Waals surface area contributed by atoms with Crippen LogP contribution in [0, 0.1) is 0 Å². The molecule has 0 bridgehead atoms. The number of tetrazole rings is 1. The monoisotopic (exact) mass is 387 g/mol. The molecular weight excluding hydrogens is 370 g/mol. The van der Waals surface area contributed by atoms with Gasteiger partial charge in [-0.3, -0.25) is 4.79 Å². The first-order chi connectivity index (χ1) is 13.8. The molecule has 138 valence electrons. The van der Waals surface area contributed by atoms with Gasteiger partial charge >= 0.3 is 0 Å². The highest BCUT2D eigenvalue weighted by molar-refractivity contribution is 7.10. The standard InChI is InChI=1S/C21H17N5OS/c27-21(22-15-16-8-3-1-4-9-16)19(14-18-12-7-13-28-18)26-20(23-24-25-26)17-10-5-2-6-11-17/h1-14H,15H2,(H,22,27). The van der Waals surface area contributed by atoms with E-state index in [4.69, 9.17) is 0 Å². The lowest BCUT2D eigenvalue weighted by molar-refractivity contribution is -0.116. The summed E-state index contributed by atoms with van der Waals surface area (Å²) in [6.07, 6.45) is 1.80. The van der Waals surface area contributed by atoms with Gasteiger partial charge in [0.15, 0.2) is 5.82 Å². The molecule has 1 N–H and O–H groups in total. The molecule has 0 aliphatic heterocycles. The Bertz CT molecular complexity index is 1070. The lowest BCUT2D eigenvalue weighted by Gasteiger charge is -2.10. The maximum absolute atomic E-state index is 13.0. The van der Waals surface area contributed by atoms with Gasteiger partial charge in [0.1, 0.15) is 5.70 Å². The molecule has 2 aromatic carbocycles. The molecule has 0 radical (unpaired) electrons. The number of carbonyl (C=O) groups excluding carboxylic acids is 1. The minimum Gasteiger partial charge on any atom is -0.347 e. The molecule has 7 heteroatoms. The van der Waals surface area contributed by atoms with Gasteiger partial charge in [-0.25, -0.2) is 0 Å². The maximum atomic E-state index is 13.0. The van der Waals surface area contributed by atoms with E-state index in [2.05, 4.69) is 20.8 Å². The van der Waals surface area contributed by atoms with E-state index >= 15 is 0 Å². The van der Waals surface area contributed by atoms with Crippen molar-refractivity contribution in [1.29, 1.82) is 0 Å². The molecule has 4 aromatic rings. The Morgan fingerprint density at radius 1 is 1.00 bits per heavy atom. The van der Waals surface area contributed by atoms with E-state index in [1.807, 2.05) is 78.2 Å². The molecule has 2 aromatic heterocycles. The van der Waals surface area contributed by atoms with Crippen LogP contribution in [0.15, 0.2) is 78.2 Å². The number of hydrogen-bond donors (Lipinski definition) is 1. The normalized spacial score (nSPS) is 11.4. The molecule has 6 nitrogen and oxygen atoms in total. The van der Waals surface area contributed by atoms with Gasteiger partial charge in [-0.1, -0.05) is 66.7 Å². The smallest absolute Gasteiger partial charge is 0.270 e. The first-order valence-electron chi connectivity index (χ1n) is 8.73. The lowest BCUT2D eigenvalue weighted by atomic mass is 10.2.